The molecule has 0 saturated carbocycles. The van der Waals surface area contributed by atoms with E-state index in [1.165, 1.54) is 6.07 Å². The first-order valence-corrected chi connectivity index (χ1v) is 7.24. The van der Waals surface area contributed by atoms with Crippen LogP contribution in [0.25, 0.3) is 0 Å². The zero-order chi connectivity index (χ0) is 15.2. The minimum absolute atomic E-state index is 0.108. The van der Waals surface area contributed by atoms with Gasteiger partial charge in [0.1, 0.15) is 0 Å². The van der Waals surface area contributed by atoms with Crippen molar-refractivity contribution in [2.75, 3.05) is 13.2 Å². The SMILES string of the molecule is CCC(CO)NC(=O)NC1CCCOc2c(F)cccc21. The summed E-state index contributed by atoms with van der Waals surface area (Å²) in [6, 6.07) is 3.78. The molecule has 2 unspecified atom stereocenters. The Morgan fingerprint density at radius 1 is 1.57 bits per heavy atom. The third kappa shape index (κ3) is 3.85. The van der Waals surface area contributed by atoms with Crippen LogP contribution in [0.3, 0.4) is 0 Å². The molecule has 0 spiro atoms. The molecule has 1 heterocycles. The number of fused-ring (bicyclic) bond motifs is 1. The normalized spacial score (nSPS) is 18.9. The van der Waals surface area contributed by atoms with E-state index in [1.54, 1.807) is 12.1 Å². The molecule has 1 aromatic carbocycles. The van der Waals surface area contributed by atoms with E-state index in [0.29, 0.717) is 25.0 Å². The van der Waals surface area contributed by atoms with Gasteiger partial charge in [0.05, 0.1) is 25.3 Å². The van der Waals surface area contributed by atoms with Crippen molar-refractivity contribution < 1.29 is 19.0 Å². The van der Waals surface area contributed by atoms with Gasteiger partial charge in [-0.05, 0) is 25.3 Å². The molecule has 1 aliphatic rings. The standard InChI is InChI=1S/C15H21FN2O3/c1-2-10(9-19)17-15(20)18-13-7-4-8-21-14-11(13)5-3-6-12(14)16/h3,5-6,10,13,19H,2,4,7-9H2,1H3,(H2,17,18,20). The molecule has 1 aromatic rings. The Labute approximate surface area is 123 Å². The van der Waals surface area contributed by atoms with Crippen LogP contribution in [0.1, 0.15) is 37.8 Å². The number of aliphatic hydroxyl groups excluding tert-OH is 1. The highest BCUT2D eigenvalue weighted by Gasteiger charge is 2.24. The van der Waals surface area contributed by atoms with E-state index >= 15 is 0 Å². The second-order valence-electron chi connectivity index (χ2n) is 5.11. The highest BCUT2D eigenvalue weighted by atomic mass is 19.1. The summed E-state index contributed by atoms with van der Waals surface area (Å²) in [5.41, 5.74) is 0.652. The second kappa shape index (κ2) is 7.26. The number of aliphatic hydroxyl groups is 1. The molecule has 3 N–H and O–H groups in total. The highest BCUT2D eigenvalue weighted by molar-refractivity contribution is 5.75. The molecule has 116 valence electrons. The lowest BCUT2D eigenvalue weighted by Gasteiger charge is -2.21. The average Bonchev–Trinajstić information content (AvgIpc) is 2.68. The molecule has 2 amide bonds. The third-order valence-electron chi connectivity index (χ3n) is 3.61. The molecule has 6 heteroatoms. The number of hydrogen-bond acceptors (Lipinski definition) is 3. The molecule has 0 saturated heterocycles. The summed E-state index contributed by atoms with van der Waals surface area (Å²) in [5.74, 6) is -0.196. The van der Waals surface area contributed by atoms with Crippen LogP contribution in [-0.4, -0.2) is 30.4 Å². The molecular weight excluding hydrogens is 275 g/mol. The summed E-state index contributed by atoms with van der Waals surface area (Å²) < 4.78 is 19.2. The van der Waals surface area contributed by atoms with E-state index in [4.69, 9.17) is 9.84 Å². The first kappa shape index (κ1) is 15.6. The summed E-state index contributed by atoms with van der Waals surface area (Å²) in [5, 5.41) is 14.6. The monoisotopic (exact) mass is 296 g/mol. The van der Waals surface area contributed by atoms with Gasteiger partial charge in [-0.2, -0.15) is 0 Å². The van der Waals surface area contributed by atoms with Gasteiger partial charge in [-0.25, -0.2) is 9.18 Å². The fourth-order valence-corrected chi connectivity index (χ4v) is 2.38. The van der Waals surface area contributed by atoms with Gasteiger partial charge in [-0.1, -0.05) is 19.1 Å². The van der Waals surface area contributed by atoms with Crippen molar-refractivity contribution in [3.63, 3.8) is 0 Å². The lowest BCUT2D eigenvalue weighted by molar-refractivity contribution is 0.211. The Balaban J connectivity index is 2.10. The maximum absolute atomic E-state index is 13.8. The molecule has 2 atom stereocenters. The number of amides is 2. The van der Waals surface area contributed by atoms with Crippen LogP contribution in [0.15, 0.2) is 18.2 Å². The van der Waals surface area contributed by atoms with E-state index in [1.807, 2.05) is 6.92 Å². The van der Waals surface area contributed by atoms with Crippen LogP contribution in [0.2, 0.25) is 0 Å². The molecule has 21 heavy (non-hydrogen) atoms. The van der Waals surface area contributed by atoms with Crippen molar-refractivity contribution in [3.8, 4) is 5.75 Å². The first-order chi connectivity index (χ1) is 10.2. The van der Waals surface area contributed by atoms with E-state index in [9.17, 15) is 9.18 Å². The van der Waals surface area contributed by atoms with Crippen LogP contribution in [0.5, 0.6) is 5.75 Å². The van der Waals surface area contributed by atoms with Crippen molar-refractivity contribution in [1.29, 1.82) is 0 Å². The van der Waals surface area contributed by atoms with E-state index in [-0.39, 0.29) is 30.5 Å². The number of para-hydroxylation sites is 1. The molecule has 0 radical (unpaired) electrons. The predicted octanol–water partition coefficient (Wildman–Crippen LogP) is 2.11. The van der Waals surface area contributed by atoms with Crippen LogP contribution in [0.4, 0.5) is 9.18 Å². The van der Waals surface area contributed by atoms with Gasteiger partial charge in [0.25, 0.3) is 0 Å². The molecule has 2 rings (SSSR count). The first-order valence-electron chi connectivity index (χ1n) is 7.24. The number of rotatable bonds is 4. The zero-order valence-electron chi connectivity index (χ0n) is 12.1. The summed E-state index contributed by atoms with van der Waals surface area (Å²) in [6.07, 6.45) is 2.05. The number of hydrogen-bond donors (Lipinski definition) is 3. The van der Waals surface area contributed by atoms with Crippen molar-refractivity contribution in [3.05, 3.63) is 29.6 Å². The number of carbonyl (C=O) groups is 1. The molecule has 0 aliphatic carbocycles. The summed E-state index contributed by atoms with van der Waals surface area (Å²) in [6.45, 7) is 2.20. The Morgan fingerprint density at radius 3 is 3.10 bits per heavy atom. The van der Waals surface area contributed by atoms with Gasteiger partial charge >= 0.3 is 6.03 Å². The summed E-state index contributed by atoms with van der Waals surface area (Å²) >= 11 is 0. The minimum Gasteiger partial charge on any atom is -0.490 e. The van der Waals surface area contributed by atoms with Crippen LogP contribution in [0, 0.1) is 5.82 Å². The van der Waals surface area contributed by atoms with E-state index < -0.39 is 5.82 Å². The lowest BCUT2D eigenvalue weighted by Crippen LogP contribution is -2.44. The number of halogens is 1. The van der Waals surface area contributed by atoms with Crippen molar-refractivity contribution in [1.82, 2.24) is 10.6 Å². The molecule has 5 nitrogen and oxygen atoms in total. The van der Waals surface area contributed by atoms with Crippen molar-refractivity contribution in [2.24, 2.45) is 0 Å². The Morgan fingerprint density at radius 2 is 2.38 bits per heavy atom. The largest absolute Gasteiger partial charge is 0.490 e. The topological polar surface area (TPSA) is 70.6 Å². The van der Waals surface area contributed by atoms with Crippen LogP contribution >= 0.6 is 0 Å². The maximum Gasteiger partial charge on any atom is 0.315 e. The lowest BCUT2D eigenvalue weighted by atomic mass is 10.0. The molecule has 0 fully saturated rings. The second-order valence-corrected chi connectivity index (χ2v) is 5.11. The van der Waals surface area contributed by atoms with Gasteiger partial charge < -0.3 is 20.5 Å². The smallest absolute Gasteiger partial charge is 0.315 e. The fraction of sp³-hybridized carbons (Fsp3) is 0.533. The third-order valence-corrected chi connectivity index (χ3v) is 3.61. The van der Waals surface area contributed by atoms with E-state index in [2.05, 4.69) is 10.6 Å². The number of benzene rings is 1. The van der Waals surface area contributed by atoms with Crippen LogP contribution in [-0.2, 0) is 0 Å². The van der Waals surface area contributed by atoms with Gasteiger partial charge in [0.2, 0.25) is 0 Å². The Bertz CT molecular complexity index is 492. The molecule has 1 aliphatic heterocycles. The van der Waals surface area contributed by atoms with Crippen molar-refractivity contribution >= 4 is 6.03 Å². The van der Waals surface area contributed by atoms with Gasteiger partial charge in [0, 0.05) is 5.56 Å². The fourth-order valence-electron chi connectivity index (χ4n) is 2.38. The molecule has 0 bridgehead atoms. The highest BCUT2D eigenvalue weighted by Crippen LogP contribution is 2.33. The summed E-state index contributed by atoms with van der Waals surface area (Å²) in [4.78, 5) is 12.0. The van der Waals surface area contributed by atoms with Crippen LogP contribution < -0.4 is 15.4 Å². The Hall–Kier alpha value is -1.82. The maximum atomic E-state index is 13.8. The summed E-state index contributed by atoms with van der Waals surface area (Å²) in [7, 11) is 0. The quantitative estimate of drug-likeness (QED) is 0.797. The predicted molar refractivity (Wildman–Crippen MR) is 76.7 cm³/mol. The molecule has 0 aromatic heterocycles. The van der Waals surface area contributed by atoms with Gasteiger partial charge in [-0.15, -0.1) is 0 Å². The van der Waals surface area contributed by atoms with E-state index in [0.717, 1.165) is 6.42 Å². The van der Waals surface area contributed by atoms with Crippen molar-refractivity contribution in [2.45, 2.75) is 38.3 Å². The Kier molecular flexibility index (Phi) is 5.38. The number of ether oxygens (including phenoxy) is 1. The van der Waals surface area contributed by atoms with Gasteiger partial charge in [-0.3, -0.25) is 0 Å². The minimum atomic E-state index is -0.414. The molecular formula is C15H21FN2O3. The number of carbonyl (C=O) groups excluding carboxylic acids is 1. The number of urea groups is 1. The zero-order valence-corrected chi connectivity index (χ0v) is 12.1. The number of nitrogens with one attached hydrogen (secondary N) is 2. The average molecular weight is 296 g/mol. The van der Waals surface area contributed by atoms with Gasteiger partial charge in [0.15, 0.2) is 11.6 Å².